The van der Waals surface area contributed by atoms with Crippen LogP contribution in [0.15, 0.2) is 62.8 Å². The number of methoxy groups -OCH3 is 2. The normalized spacial score (nSPS) is 10.9. The molecule has 4 rings (SSSR count). The molecule has 0 radical (unpaired) electrons. The number of hydrogen-bond donors (Lipinski definition) is 0. The van der Waals surface area contributed by atoms with Crippen molar-refractivity contribution in [3.63, 3.8) is 0 Å². The van der Waals surface area contributed by atoms with E-state index in [1.807, 2.05) is 0 Å². The predicted octanol–water partition coefficient (Wildman–Crippen LogP) is 4.84. The summed E-state index contributed by atoms with van der Waals surface area (Å²) < 4.78 is 35.0. The fraction of sp³-hybridized carbons (Fsp3) is 0.150. The van der Waals surface area contributed by atoms with Crippen LogP contribution in [-0.2, 0) is 5.75 Å². The smallest absolute Gasteiger partial charge is 0.277 e. The SMILES string of the molecule is COc1cc(OC)cc(-c2nnc(SCc3coc(-c4cccc(F)c4)n3)o2)c1. The molecule has 2 aromatic carbocycles. The second kappa shape index (κ2) is 8.36. The lowest BCUT2D eigenvalue weighted by Crippen LogP contribution is -1.88. The lowest BCUT2D eigenvalue weighted by Gasteiger charge is -2.05. The topological polar surface area (TPSA) is 83.4 Å². The average Bonchev–Trinajstić information content (AvgIpc) is 3.41. The molecule has 0 unspecified atom stereocenters. The van der Waals surface area contributed by atoms with E-state index in [1.165, 1.54) is 30.2 Å². The molecule has 0 bridgehead atoms. The van der Waals surface area contributed by atoms with Crippen LogP contribution in [-0.4, -0.2) is 29.4 Å². The van der Waals surface area contributed by atoms with Crippen LogP contribution in [0.1, 0.15) is 5.69 Å². The molecule has 2 heterocycles. The fourth-order valence-electron chi connectivity index (χ4n) is 2.58. The van der Waals surface area contributed by atoms with E-state index in [-0.39, 0.29) is 5.82 Å². The Morgan fingerprint density at radius 2 is 1.76 bits per heavy atom. The first kappa shape index (κ1) is 19.0. The molecule has 2 aromatic heterocycles. The van der Waals surface area contributed by atoms with Crippen molar-refractivity contribution in [2.45, 2.75) is 11.0 Å². The van der Waals surface area contributed by atoms with Gasteiger partial charge in [-0.15, -0.1) is 10.2 Å². The summed E-state index contributed by atoms with van der Waals surface area (Å²) in [6, 6.07) is 11.4. The van der Waals surface area contributed by atoms with Gasteiger partial charge in [-0.2, -0.15) is 0 Å². The summed E-state index contributed by atoms with van der Waals surface area (Å²) in [7, 11) is 3.15. The summed E-state index contributed by atoms with van der Waals surface area (Å²) >= 11 is 1.32. The van der Waals surface area contributed by atoms with Gasteiger partial charge in [-0.25, -0.2) is 9.37 Å². The second-order valence-corrected chi connectivity index (χ2v) is 6.84. The second-order valence-electron chi connectivity index (χ2n) is 5.92. The van der Waals surface area contributed by atoms with Gasteiger partial charge in [0.15, 0.2) is 0 Å². The minimum Gasteiger partial charge on any atom is -0.497 e. The Bertz CT molecular complexity index is 1110. The first-order chi connectivity index (χ1) is 14.1. The number of benzene rings is 2. The third-order valence-electron chi connectivity index (χ3n) is 3.97. The van der Waals surface area contributed by atoms with Gasteiger partial charge in [0, 0.05) is 22.9 Å². The number of aromatic nitrogens is 3. The highest BCUT2D eigenvalue weighted by Crippen LogP contribution is 2.31. The van der Waals surface area contributed by atoms with Gasteiger partial charge in [-0.05, 0) is 30.3 Å². The Labute approximate surface area is 169 Å². The van der Waals surface area contributed by atoms with E-state index in [2.05, 4.69) is 15.2 Å². The van der Waals surface area contributed by atoms with Crippen LogP contribution in [0.3, 0.4) is 0 Å². The first-order valence-electron chi connectivity index (χ1n) is 8.54. The largest absolute Gasteiger partial charge is 0.497 e. The first-order valence-corrected chi connectivity index (χ1v) is 9.53. The number of halogens is 1. The summed E-state index contributed by atoms with van der Waals surface area (Å²) in [6.07, 6.45) is 1.53. The molecule has 0 amide bonds. The molecule has 0 aliphatic carbocycles. The number of thioether (sulfide) groups is 1. The molecule has 0 spiro atoms. The van der Waals surface area contributed by atoms with Crippen molar-refractivity contribution in [2.24, 2.45) is 0 Å². The lowest BCUT2D eigenvalue weighted by atomic mass is 10.2. The van der Waals surface area contributed by atoms with Crippen LogP contribution in [0.4, 0.5) is 4.39 Å². The third-order valence-corrected chi connectivity index (χ3v) is 4.82. The highest BCUT2D eigenvalue weighted by molar-refractivity contribution is 7.98. The van der Waals surface area contributed by atoms with E-state index >= 15 is 0 Å². The molecule has 0 atom stereocenters. The maximum Gasteiger partial charge on any atom is 0.277 e. The van der Waals surface area contributed by atoms with Gasteiger partial charge >= 0.3 is 0 Å². The molecule has 0 saturated carbocycles. The molecule has 0 saturated heterocycles. The number of rotatable bonds is 7. The van der Waals surface area contributed by atoms with Gasteiger partial charge in [0.05, 0.1) is 19.9 Å². The van der Waals surface area contributed by atoms with Gasteiger partial charge in [0.1, 0.15) is 23.6 Å². The fourth-order valence-corrected chi connectivity index (χ4v) is 3.22. The Morgan fingerprint density at radius 3 is 2.48 bits per heavy atom. The lowest BCUT2D eigenvalue weighted by molar-refractivity contribution is 0.394. The van der Waals surface area contributed by atoms with E-state index in [1.54, 1.807) is 44.6 Å². The molecule has 0 fully saturated rings. The maximum atomic E-state index is 13.3. The van der Waals surface area contributed by atoms with Crippen molar-refractivity contribution in [3.05, 3.63) is 60.2 Å². The predicted molar refractivity (Wildman–Crippen MR) is 104 cm³/mol. The Balaban J connectivity index is 1.45. The molecule has 4 aromatic rings. The Morgan fingerprint density at radius 1 is 0.966 bits per heavy atom. The number of ether oxygens (including phenoxy) is 2. The van der Waals surface area contributed by atoms with E-state index in [9.17, 15) is 4.39 Å². The van der Waals surface area contributed by atoms with Gasteiger partial charge in [0.2, 0.25) is 11.8 Å². The average molecular weight is 413 g/mol. The van der Waals surface area contributed by atoms with E-state index in [0.717, 1.165) is 0 Å². The molecule has 9 heteroatoms. The molecule has 0 N–H and O–H groups in total. The maximum absolute atomic E-state index is 13.3. The standard InChI is InChI=1S/C20H16FN3O4S/c1-25-16-7-13(8-17(9-16)26-2)19-23-24-20(28-19)29-11-15-10-27-18(22-15)12-4-3-5-14(21)6-12/h3-10H,11H2,1-2H3. The summed E-state index contributed by atoms with van der Waals surface area (Å²) in [4.78, 5) is 4.37. The molecule has 148 valence electrons. The van der Waals surface area contributed by atoms with Crippen LogP contribution in [0.2, 0.25) is 0 Å². The minimum absolute atomic E-state index is 0.343. The zero-order valence-electron chi connectivity index (χ0n) is 15.6. The third kappa shape index (κ3) is 4.40. The number of oxazole rings is 1. The van der Waals surface area contributed by atoms with Crippen molar-refractivity contribution in [2.75, 3.05) is 14.2 Å². The van der Waals surface area contributed by atoms with Gasteiger partial charge < -0.3 is 18.3 Å². The van der Waals surface area contributed by atoms with Crippen LogP contribution < -0.4 is 9.47 Å². The molecular formula is C20H16FN3O4S. The monoisotopic (exact) mass is 413 g/mol. The molecule has 0 aliphatic heterocycles. The van der Waals surface area contributed by atoms with Crippen molar-refractivity contribution in [1.82, 2.24) is 15.2 Å². The molecule has 29 heavy (non-hydrogen) atoms. The number of hydrogen-bond acceptors (Lipinski definition) is 8. The molecular weight excluding hydrogens is 397 g/mol. The van der Waals surface area contributed by atoms with E-state index < -0.39 is 0 Å². The van der Waals surface area contributed by atoms with Crippen molar-refractivity contribution in [1.29, 1.82) is 0 Å². The minimum atomic E-state index is -0.343. The number of nitrogens with zero attached hydrogens (tertiary/aromatic N) is 3. The van der Waals surface area contributed by atoms with E-state index in [0.29, 0.717) is 51.1 Å². The summed E-state index contributed by atoms with van der Waals surface area (Å²) in [5.74, 6) is 2.07. The van der Waals surface area contributed by atoms with Crippen LogP contribution >= 0.6 is 11.8 Å². The summed E-state index contributed by atoms with van der Waals surface area (Å²) in [5.41, 5.74) is 1.95. The quantitative estimate of drug-likeness (QED) is 0.398. The van der Waals surface area contributed by atoms with Crippen LogP contribution in [0.5, 0.6) is 11.5 Å². The van der Waals surface area contributed by atoms with Gasteiger partial charge in [0.25, 0.3) is 5.22 Å². The molecule has 0 aliphatic rings. The zero-order chi connectivity index (χ0) is 20.2. The highest BCUT2D eigenvalue weighted by atomic mass is 32.2. The van der Waals surface area contributed by atoms with Gasteiger partial charge in [-0.3, -0.25) is 0 Å². The summed E-state index contributed by atoms with van der Waals surface area (Å²) in [5, 5.41) is 8.52. The van der Waals surface area contributed by atoms with Crippen molar-refractivity contribution in [3.8, 4) is 34.4 Å². The van der Waals surface area contributed by atoms with Crippen molar-refractivity contribution >= 4 is 11.8 Å². The highest BCUT2D eigenvalue weighted by Gasteiger charge is 2.14. The zero-order valence-corrected chi connectivity index (χ0v) is 16.4. The molecule has 7 nitrogen and oxygen atoms in total. The van der Waals surface area contributed by atoms with Crippen molar-refractivity contribution < 1.29 is 22.7 Å². The Kier molecular flexibility index (Phi) is 5.48. The van der Waals surface area contributed by atoms with E-state index in [4.69, 9.17) is 18.3 Å². The Hall–Kier alpha value is -3.33. The summed E-state index contributed by atoms with van der Waals surface area (Å²) in [6.45, 7) is 0. The van der Waals surface area contributed by atoms with Crippen LogP contribution in [0.25, 0.3) is 22.9 Å². The van der Waals surface area contributed by atoms with Gasteiger partial charge in [-0.1, -0.05) is 17.8 Å². The van der Waals surface area contributed by atoms with Crippen LogP contribution in [0, 0.1) is 5.82 Å².